The maximum Gasteiger partial charge on any atom is 0.234 e. The number of carbonyl (C=O) groups excluding carboxylic acids is 1. The Bertz CT molecular complexity index is 964. The zero-order valence-electron chi connectivity index (χ0n) is 14.6. The van der Waals surface area contributed by atoms with Gasteiger partial charge in [-0.3, -0.25) is 15.1 Å². The van der Waals surface area contributed by atoms with Crippen molar-refractivity contribution in [1.82, 2.24) is 10.2 Å². The van der Waals surface area contributed by atoms with E-state index in [-0.39, 0.29) is 17.8 Å². The molecule has 1 fully saturated rings. The summed E-state index contributed by atoms with van der Waals surface area (Å²) >= 11 is 1.49. The first-order valence-electron chi connectivity index (χ1n) is 7.99. The van der Waals surface area contributed by atoms with Gasteiger partial charge in [0.05, 0.1) is 34.7 Å². The quantitative estimate of drug-likeness (QED) is 0.856. The number of nitriles is 2. The lowest BCUT2D eigenvalue weighted by atomic mass is 9.82. The van der Waals surface area contributed by atoms with Gasteiger partial charge in [0.15, 0.2) is 5.96 Å². The summed E-state index contributed by atoms with van der Waals surface area (Å²) in [7, 11) is 1.59. The first kappa shape index (κ1) is 17.7. The number of hydrogen-bond acceptors (Lipinski definition) is 5. The SMILES string of the molecule is C[C@H]1C(=O)N(C)C(=N)N[C@]1(C)c1cc(-c2cc(C#N)cc(C#N)c2)cs1. The average molecular weight is 363 g/mol. The predicted molar refractivity (Wildman–Crippen MR) is 99.3 cm³/mol. The Morgan fingerprint density at radius 2 is 1.81 bits per heavy atom. The molecule has 0 saturated carbocycles. The average Bonchev–Trinajstić information content (AvgIpc) is 3.15. The van der Waals surface area contributed by atoms with Crippen LogP contribution in [0.25, 0.3) is 11.1 Å². The smallest absolute Gasteiger partial charge is 0.234 e. The van der Waals surface area contributed by atoms with Gasteiger partial charge >= 0.3 is 0 Å². The first-order chi connectivity index (χ1) is 12.3. The van der Waals surface area contributed by atoms with Gasteiger partial charge in [0.1, 0.15) is 0 Å². The second kappa shape index (κ2) is 6.29. The molecule has 1 aliphatic rings. The molecule has 2 N–H and O–H groups in total. The fourth-order valence-corrected chi connectivity index (χ4v) is 4.17. The molecule has 1 aliphatic heterocycles. The van der Waals surface area contributed by atoms with Crippen molar-refractivity contribution < 1.29 is 4.79 Å². The van der Waals surface area contributed by atoms with E-state index in [0.29, 0.717) is 11.1 Å². The summed E-state index contributed by atoms with van der Waals surface area (Å²) in [4.78, 5) is 14.7. The molecular formula is C19H17N5OS. The van der Waals surface area contributed by atoms with Gasteiger partial charge in [-0.1, -0.05) is 6.92 Å². The number of rotatable bonds is 2. The van der Waals surface area contributed by atoms with Crippen LogP contribution < -0.4 is 5.32 Å². The first-order valence-corrected chi connectivity index (χ1v) is 8.87. The van der Waals surface area contributed by atoms with E-state index in [1.165, 1.54) is 16.2 Å². The van der Waals surface area contributed by atoms with Crippen molar-refractivity contribution in [3.63, 3.8) is 0 Å². The van der Waals surface area contributed by atoms with Crippen LogP contribution in [-0.2, 0) is 10.3 Å². The zero-order chi connectivity index (χ0) is 19.1. The van der Waals surface area contributed by atoms with Crippen molar-refractivity contribution >= 4 is 23.2 Å². The van der Waals surface area contributed by atoms with Crippen LogP contribution in [0.5, 0.6) is 0 Å². The number of hydrogen-bond donors (Lipinski definition) is 2. The Balaban J connectivity index is 2.03. The largest absolute Gasteiger partial charge is 0.345 e. The van der Waals surface area contributed by atoms with Gasteiger partial charge in [-0.25, -0.2) is 0 Å². The number of carbonyl (C=O) groups is 1. The molecule has 1 amide bonds. The van der Waals surface area contributed by atoms with Gasteiger partial charge in [0, 0.05) is 11.9 Å². The molecule has 2 heterocycles. The topological polar surface area (TPSA) is 104 Å². The highest BCUT2D eigenvalue weighted by atomic mass is 32.1. The number of guanidine groups is 1. The van der Waals surface area contributed by atoms with E-state index < -0.39 is 5.54 Å². The molecule has 7 heteroatoms. The van der Waals surface area contributed by atoms with Crippen LogP contribution in [0.15, 0.2) is 29.6 Å². The lowest BCUT2D eigenvalue weighted by molar-refractivity contribution is -0.134. The molecule has 0 aliphatic carbocycles. The lowest BCUT2D eigenvalue weighted by Gasteiger charge is -2.43. The molecule has 0 radical (unpaired) electrons. The molecule has 1 aromatic heterocycles. The Morgan fingerprint density at radius 1 is 1.19 bits per heavy atom. The number of thiophene rings is 1. The van der Waals surface area contributed by atoms with Gasteiger partial charge in [0.25, 0.3) is 0 Å². The fourth-order valence-electron chi connectivity index (χ4n) is 3.04. The molecule has 1 saturated heterocycles. The van der Waals surface area contributed by atoms with Gasteiger partial charge in [-0.15, -0.1) is 11.3 Å². The Kier molecular flexibility index (Phi) is 4.27. The van der Waals surface area contributed by atoms with Crippen LogP contribution in [0.2, 0.25) is 0 Å². The van der Waals surface area contributed by atoms with Crippen molar-refractivity contribution in [1.29, 1.82) is 15.9 Å². The highest BCUT2D eigenvalue weighted by Crippen LogP contribution is 2.39. The molecule has 6 nitrogen and oxygen atoms in total. The third-order valence-electron chi connectivity index (χ3n) is 4.92. The molecule has 0 spiro atoms. The van der Waals surface area contributed by atoms with Gasteiger partial charge in [0.2, 0.25) is 5.91 Å². The Labute approximate surface area is 155 Å². The minimum Gasteiger partial charge on any atom is -0.345 e. The fraction of sp³-hybridized carbons (Fsp3) is 0.263. The highest BCUT2D eigenvalue weighted by molar-refractivity contribution is 7.10. The normalized spacial score (nSPS) is 22.5. The Hall–Kier alpha value is -3.16. The minimum atomic E-state index is -0.686. The molecule has 2 aromatic rings. The molecule has 130 valence electrons. The molecule has 26 heavy (non-hydrogen) atoms. The third kappa shape index (κ3) is 2.73. The van der Waals surface area contributed by atoms with Crippen LogP contribution in [0, 0.1) is 34.0 Å². The second-order valence-corrected chi connectivity index (χ2v) is 7.43. The monoisotopic (exact) mass is 363 g/mol. The van der Waals surface area contributed by atoms with E-state index in [1.807, 2.05) is 25.3 Å². The minimum absolute atomic E-state index is 0.0730. The van der Waals surface area contributed by atoms with Crippen molar-refractivity contribution in [2.45, 2.75) is 19.4 Å². The van der Waals surface area contributed by atoms with Gasteiger partial charge < -0.3 is 5.32 Å². The summed E-state index contributed by atoms with van der Waals surface area (Å²) in [6, 6.07) is 11.1. The summed E-state index contributed by atoms with van der Waals surface area (Å²) in [6.07, 6.45) is 0. The maximum atomic E-state index is 12.4. The second-order valence-electron chi connectivity index (χ2n) is 6.52. The maximum absolute atomic E-state index is 12.4. The van der Waals surface area contributed by atoms with Crippen LogP contribution >= 0.6 is 11.3 Å². The number of nitrogens with zero attached hydrogens (tertiary/aromatic N) is 3. The van der Waals surface area contributed by atoms with Crippen molar-refractivity contribution in [2.75, 3.05) is 7.05 Å². The van der Waals surface area contributed by atoms with E-state index in [9.17, 15) is 4.79 Å². The van der Waals surface area contributed by atoms with E-state index in [2.05, 4.69) is 17.5 Å². The summed E-state index contributed by atoms with van der Waals surface area (Å²) in [5, 5.41) is 31.4. The van der Waals surface area contributed by atoms with Crippen LogP contribution in [0.1, 0.15) is 29.9 Å². The standard InChI is InChI=1S/C19H17N5OS/c1-11-17(25)24(3)18(22)23-19(11,2)16-7-15(10-26-16)14-5-12(8-20)4-13(6-14)9-21/h4-7,10-11H,1-3H3,(H2,22,23)/t11-,19-/m0/s1. The van der Waals surface area contributed by atoms with Crippen molar-refractivity contribution in [3.8, 4) is 23.3 Å². The molecule has 0 unspecified atom stereocenters. The third-order valence-corrected chi connectivity index (χ3v) is 6.08. The molecule has 1 aromatic carbocycles. The van der Waals surface area contributed by atoms with Gasteiger partial charge in [-0.05, 0) is 47.7 Å². The van der Waals surface area contributed by atoms with E-state index in [1.54, 1.807) is 25.2 Å². The highest BCUT2D eigenvalue weighted by Gasteiger charge is 2.45. The molecular weight excluding hydrogens is 346 g/mol. The van der Waals surface area contributed by atoms with Gasteiger partial charge in [-0.2, -0.15) is 10.5 Å². The predicted octanol–water partition coefficient (Wildman–Crippen LogP) is 3.01. The molecule has 2 atom stereocenters. The summed E-state index contributed by atoms with van der Waals surface area (Å²) in [5.74, 6) is -0.374. The number of benzene rings is 1. The van der Waals surface area contributed by atoms with Crippen LogP contribution in [0.3, 0.4) is 0 Å². The summed E-state index contributed by atoms with van der Waals surface area (Å²) < 4.78 is 0. The van der Waals surface area contributed by atoms with E-state index in [0.717, 1.165) is 16.0 Å². The number of nitrogens with one attached hydrogen (secondary N) is 2. The van der Waals surface area contributed by atoms with Crippen molar-refractivity contribution in [2.24, 2.45) is 5.92 Å². The zero-order valence-corrected chi connectivity index (χ0v) is 15.4. The van der Waals surface area contributed by atoms with Crippen LogP contribution in [0.4, 0.5) is 0 Å². The lowest BCUT2D eigenvalue weighted by Crippen LogP contribution is -2.62. The van der Waals surface area contributed by atoms with Crippen LogP contribution in [-0.4, -0.2) is 23.8 Å². The van der Waals surface area contributed by atoms with Crippen molar-refractivity contribution in [3.05, 3.63) is 45.6 Å². The summed E-state index contributed by atoms with van der Waals surface area (Å²) in [5.41, 5.74) is 1.84. The summed E-state index contributed by atoms with van der Waals surface area (Å²) in [6.45, 7) is 3.76. The van der Waals surface area contributed by atoms with E-state index >= 15 is 0 Å². The van der Waals surface area contributed by atoms with E-state index in [4.69, 9.17) is 15.9 Å². The molecule has 3 rings (SSSR count). The molecule has 0 bridgehead atoms. The number of amides is 1. The Morgan fingerprint density at radius 3 is 2.38 bits per heavy atom.